The Balaban J connectivity index is 2.89. The zero-order valence-electron chi connectivity index (χ0n) is 9.53. The van der Waals surface area contributed by atoms with E-state index in [1.54, 1.807) is 19.1 Å². The second-order valence-corrected chi connectivity index (χ2v) is 5.33. The van der Waals surface area contributed by atoms with Gasteiger partial charge in [0.05, 0.1) is 5.25 Å². The SMILES string of the molecule is CC(S)C(=O)OC(C)(C)c1cccc(Cl)c1. The maximum Gasteiger partial charge on any atom is 0.319 e. The standard InChI is InChI=1S/C12H15ClO2S/c1-8(16)11(14)15-12(2,3)9-5-4-6-10(13)7-9/h4-8,16H,1-3H3. The van der Waals surface area contributed by atoms with Crippen LogP contribution in [0.25, 0.3) is 0 Å². The Hall–Kier alpha value is -0.670. The van der Waals surface area contributed by atoms with E-state index in [9.17, 15) is 4.79 Å². The van der Waals surface area contributed by atoms with Crippen molar-refractivity contribution >= 4 is 30.2 Å². The molecule has 0 spiro atoms. The van der Waals surface area contributed by atoms with Gasteiger partial charge in [-0.1, -0.05) is 23.7 Å². The number of rotatable bonds is 3. The second kappa shape index (κ2) is 5.11. The van der Waals surface area contributed by atoms with Gasteiger partial charge in [0.15, 0.2) is 0 Å². The average molecular weight is 259 g/mol. The summed E-state index contributed by atoms with van der Waals surface area (Å²) >= 11 is 9.93. The van der Waals surface area contributed by atoms with Crippen molar-refractivity contribution in [3.63, 3.8) is 0 Å². The van der Waals surface area contributed by atoms with Gasteiger partial charge in [0.25, 0.3) is 0 Å². The van der Waals surface area contributed by atoms with Gasteiger partial charge in [0, 0.05) is 5.02 Å². The molecule has 0 aliphatic rings. The quantitative estimate of drug-likeness (QED) is 0.664. The zero-order valence-corrected chi connectivity index (χ0v) is 11.2. The Morgan fingerprint density at radius 2 is 2.12 bits per heavy atom. The number of hydrogen-bond acceptors (Lipinski definition) is 3. The Bertz CT molecular complexity index is 388. The van der Waals surface area contributed by atoms with E-state index in [2.05, 4.69) is 12.6 Å². The molecule has 88 valence electrons. The first-order valence-electron chi connectivity index (χ1n) is 5.00. The van der Waals surface area contributed by atoms with Gasteiger partial charge in [-0.05, 0) is 38.5 Å². The number of carbonyl (C=O) groups excluding carboxylic acids is 1. The fraction of sp³-hybridized carbons (Fsp3) is 0.417. The minimum absolute atomic E-state index is 0.340. The maximum atomic E-state index is 11.5. The highest BCUT2D eigenvalue weighted by molar-refractivity contribution is 7.81. The van der Waals surface area contributed by atoms with Crippen LogP contribution in [0, 0.1) is 0 Å². The predicted octanol–water partition coefficient (Wildman–Crippen LogP) is 3.44. The number of carbonyl (C=O) groups is 1. The third-order valence-electron chi connectivity index (χ3n) is 2.22. The van der Waals surface area contributed by atoms with Crippen LogP contribution in [0.4, 0.5) is 0 Å². The largest absolute Gasteiger partial charge is 0.454 e. The van der Waals surface area contributed by atoms with Crippen LogP contribution in [0.1, 0.15) is 26.3 Å². The van der Waals surface area contributed by atoms with Crippen molar-refractivity contribution in [2.24, 2.45) is 0 Å². The van der Waals surface area contributed by atoms with Crippen LogP contribution < -0.4 is 0 Å². The summed E-state index contributed by atoms with van der Waals surface area (Å²) in [6.45, 7) is 5.33. The van der Waals surface area contributed by atoms with Gasteiger partial charge in [0.1, 0.15) is 5.60 Å². The number of hydrogen-bond donors (Lipinski definition) is 1. The second-order valence-electron chi connectivity index (χ2n) is 4.12. The van der Waals surface area contributed by atoms with E-state index < -0.39 is 10.9 Å². The molecule has 0 radical (unpaired) electrons. The lowest BCUT2D eigenvalue weighted by Crippen LogP contribution is -2.29. The molecule has 0 saturated carbocycles. The molecule has 0 aliphatic carbocycles. The molecular formula is C12H15ClO2S. The van der Waals surface area contributed by atoms with E-state index in [4.69, 9.17) is 16.3 Å². The van der Waals surface area contributed by atoms with Gasteiger partial charge >= 0.3 is 5.97 Å². The van der Waals surface area contributed by atoms with Gasteiger partial charge in [-0.25, -0.2) is 0 Å². The molecule has 4 heteroatoms. The van der Waals surface area contributed by atoms with Crippen LogP contribution >= 0.6 is 24.2 Å². The maximum absolute atomic E-state index is 11.5. The fourth-order valence-electron chi connectivity index (χ4n) is 1.26. The Labute approximate surface area is 106 Å². The van der Waals surface area contributed by atoms with Gasteiger partial charge in [0.2, 0.25) is 0 Å². The van der Waals surface area contributed by atoms with Crippen molar-refractivity contribution in [3.05, 3.63) is 34.9 Å². The van der Waals surface area contributed by atoms with Gasteiger partial charge in [-0.3, -0.25) is 4.79 Å². The normalized spacial score (nSPS) is 13.3. The summed E-state index contributed by atoms with van der Waals surface area (Å²) in [6, 6.07) is 7.28. The van der Waals surface area contributed by atoms with Crippen LogP contribution in [0.15, 0.2) is 24.3 Å². The van der Waals surface area contributed by atoms with Crippen LogP contribution in [0.2, 0.25) is 5.02 Å². The average Bonchev–Trinajstić information content (AvgIpc) is 2.17. The molecule has 0 aliphatic heterocycles. The molecular weight excluding hydrogens is 244 g/mol. The number of halogens is 1. The first kappa shape index (κ1) is 13.4. The smallest absolute Gasteiger partial charge is 0.319 e. The molecule has 1 aromatic rings. The van der Waals surface area contributed by atoms with E-state index in [0.717, 1.165) is 5.56 Å². The van der Waals surface area contributed by atoms with Crippen molar-refractivity contribution < 1.29 is 9.53 Å². The Morgan fingerprint density at radius 3 is 2.62 bits per heavy atom. The molecule has 0 fully saturated rings. The van der Waals surface area contributed by atoms with E-state index in [-0.39, 0.29) is 5.97 Å². The van der Waals surface area contributed by atoms with E-state index in [0.29, 0.717) is 5.02 Å². The minimum Gasteiger partial charge on any atom is -0.454 e. The number of ether oxygens (including phenoxy) is 1. The summed E-state index contributed by atoms with van der Waals surface area (Å²) in [5.74, 6) is -0.340. The van der Waals surface area contributed by atoms with E-state index in [1.807, 2.05) is 26.0 Å². The molecule has 1 aromatic carbocycles. The fourth-order valence-corrected chi connectivity index (χ4v) is 1.50. The third-order valence-corrected chi connectivity index (χ3v) is 2.66. The van der Waals surface area contributed by atoms with Crippen LogP contribution in [0.3, 0.4) is 0 Å². The molecule has 0 amide bonds. The Kier molecular flexibility index (Phi) is 4.28. The highest BCUT2D eigenvalue weighted by atomic mass is 35.5. The van der Waals surface area contributed by atoms with Crippen molar-refractivity contribution in [2.45, 2.75) is 31.6 Å². The summed E-state index contributed by atoms with van der Waals surface area (Å²) in [7, 11) is 0. The van der Waals surface area contributed by atoms with Gasteiger partial charge in [-0.15, -0.1) is 0 Å². The molecule has 1 unspecified atom stereocenters. The lowest BCUT2D eigenvalue weighted by Gasteiger charge is -2.26. The summed E-state index contributed by atoms with van der Waals surface area (Å²) in [5, 5.41) is 0.194. The summed E-state index contributed by atoms with van der Waals surface area (Å²) in [4.78, 5) is 11.5. The topological polar surface area (TPSA) is 26.3 Å². The van der Waals surface area contributed by atoms with Crippen molar-refractivity contribution in [1.29, 1.82) is 0 Å². The van der Waals surface area contributed by atoms with E-state index >= 15 is 0 Å². The van der Waals surface area contributed by atoms with Crippen LogP contribution in [0.5, 0.6) is 0 Å². The molecule has 0 heterocycles. The third kappa shape index (κ3) is 3.42. The lowest BCUT2D eigenvalue weighted by atomic mass is 9.98. The zero-order chi connectivity index (χ0) is 12.3. The molecule has 0 N–H and O–H groups in total. The first-order valence-corrected chi connectivity index (χ1v) is 5.89. The first-order chi connectivity index (χ1) is 7.33. The number of benzene rings is 1. The monoisotopic (exact) mass is 258 g/mol. The van der Waals surface area contributed by atoms with Crippen LogP contribution in [-0.4, -0.2) is 11.2 Å². The van der Waals surface area contributed by atoms with Gasteiger partial charge < -0.3 is 4.74 Å². The van der Waals surface area contributed by atoms with Crippen molar-refractivity contribution in [3.8, 4) is 0 Å². The molecule has 1 rings (SSSR count). The number of esters is 1. The lowest BCUT2D eigenvalue weighted by molar-refractivity contribution is -0.156. The highest BCUT2D eigenvalue weighted by Gasteiger charge is 2.26. The number of thiol groups is 1. The van der Waals surface area contributed by atoms with Crippen molar-refractivity contribution in [2.75, 3.05) is 0 Å². The molecule has 0 saturated heterocycles. The summed E-state index contributed by atoms with van der Waals surface area (Å²) < 4.78 is 5.37. The Morgan fingerprint density at radius 1 is 1.50 bits per heavy atom. The molecule has 0 bridgehead atoms. The predicted molar refractivity (Wildman–Crippen MR) is 69.0 cm³/mol. The molecule has 0 aromatic heterocycles. The summed E-state index contributed by atoms with van der Waals surface area (Å²) in [6.07, 6.45) is 0. The van der Waals surface area contributed by atoms with E-state index in [1.165, 1.54) is 0 Å². The molecule has 1 atom stereocenters. The molecule has 16 heavy (non-hydrogen) atoms. The van der Waals surface area contributed by atoms with Crippen LogP contribution in [-0.2, 0) is 15.1 Å². The minimum atomic E-state index is -0.695. The summed E-state index contributed by atoms with van der Waals surface area (Å²) in [5.41, 5.74) is 0.168. The highest BCUT2D eigenvalue weighted by Crippen LogP contribution is 2.27. The van der Waals surface area contributed by atoms with Crippen molar-refractivity contribution in [1.82, 2.24) is 0 Å². The van der Waals surface area contributed by atoms with Gasteiger partial charge in [-0.2, -0.15) is 12.6 Å². The molecule has 2 nitrogen and oxygen atoms in total.